The summed E-state index contributed by atoms with van der Waals surface area (Å²) in [6.45, 7) is 1.13. The molecule has 1 aliphatic heterocycles. The lowest BCUT2D eigenvalue weighted by Gasteiger charge is -2.18. The van der Waals surface area contributed by atoms with E-state index in [0.29, 0.717) is 18.8 Å². The highest BCUT2D eigenvalue weighted by Gasteiger charge is 2.11. The SMILES string of the molecule is CN(C)c1ccc(C(=O)/C=C/c2ccc3c(c2)OCCO3)cc1. The van der Waals surface area contributed by atoms with E-state index in [1.165, 1.54) is 0 Å². The topological polar surface area (TPSA) is 38.8 Å². The summed E-state index contributed by atoms with van der Waals surface area (Å²) in [5, 5.41) is 0. The second-order valence-electron chi connectivity index (χ2n) is 5.54. The van der Waals surface area contributed by atoms with Gasteiger partial charge in [0.05, 0.1) is 0 Å². The van der Waals surface area contributed by atoms with Crippen molar-refractivity contribution in [3.63, 3.8) is 0 Å². The number of anilines is 1. The van der Waals surface area contributed by atoms with Crippen LogP contribution in [0.4, 0.5) is 5.69 Å². The van der Waals surface area contributed by atoms with Gasteiger partial charge in [0.25, 0.3) is 0 Å². The summed E-state index contributed by atoms with van der Waals surface area (Å²) in [5.74, 6) is 1.45. The first kappa shape index (κ1) is 15.2. The lowest BCUT2D eigenvalue weighted by Crippen LogP contribution is -2.15. The molecule has 1 heterocycles. The van der Waals surface area contributed by atoms with Gasteiger partial charge < -0.3 is 14.4 Å². The molecule has 0 radical (unpaired) electrons. The van der Waals surface area contributed by atoms with E-state index in [1.807, 2.05) is 61.5 Å². The average molecular weight is 309 g/mol. The van der Waals surface area contributed by atoms with E-state index >= 15 is 0 Å². The Kier molecular flexibility index (Phi) is 4.33. The van der Waals surface area contributed by atoms with Gasteiger partial charge in [-0.05, 0) is 48.0 Å². The first-order chi connectivity index (χ1) is 11.1. The maximum atomic E-state index is 12.2. The highest BCUT2D eigenvalue weighted by atomic mass is 16.6. The zero-order chi connectivity index (χ0) is 16.2. The van der Waals surface area contributed by atoms with Crippen molar-refractivity contribution in [2.24, 2.45) is 0 Å². The van der Waals surface area contributed by atoms with Gasteiger partial charge in [-0.15, -0.1) is 0 Å². The number of hydrogen-bond acceptors (Lipinski definition) is 4. The molecular formula is C19H19NO3. The number of allylic oxidation sites excluding steroid dienone is 1. The van der Waals surface area contributed by atoms with Crippen molar-refractivity contribution in [2.45, 2.75) is 0 Å². The molecule has 0 aliphatic carbocycles. The van der Waals surface area contributed by atoms with Crippen LogP contribution in [0.2, 0.25) is 0 Å². The normalized spacial score (nSPS) is 13.1. The third kappa shape index (κ3) is 3.54. The Balaban J connectivity index is 1.73. The summed E-state index contributed by atoms with van der Waals surface area (Å²) in [6.07, 6.45) is 3.37. The maximum Gasteiger partial charge on any atom is 0.185 e. The van der Waals surface area contributed by atoms with E-state index in [0.717, 1.165) is 22.7 Å². The minimum absolute atomic E-state index is 0.0230. The summed E-state index contributed by atoms with van der Waals surface area (Å²) < 4.78 is 11.0. The van der Waals surface area contributed by atoms with Crippen LogP contribution in [0.5, 0.6) is 11.5 Å². The molecular weight excluding hydrogens is 290 g/mol. The third-order valence-corrected chi connectivity index (χ3v) is 3.66. The van der Waals surface area contributed by atoms with Gasteiger partial charge >= 0.3 is 0 Å². The minimum atomic E-state index is -0.0230. The summed E-state index contributed by atoms with van der Waals surface area (Å²) in [5.41, 5.74) is 2.65. The van der Waals surface area contributed by atoms with Crippen LogP contribution in [0.15, 0.2) is 48.5 Å². The lowest BCUT2D eigenvalue weighted by atomic mass is 10.1. The van der Waals surface area contributed by atoms with Crippen LogP contribution in [-0.4, -0.2) is 33.1 Å². The first-order valence-electron chi connectivity index (χ1n) is 7.53. The Morgan fingerprint density at radius 1 is 1.00 bits per heavy atom. The van der Waals surface area contributed by atoms with Crippen LogP contribution in [0.25, 0.3) is 6.08 Å². The molecule has 0 saturated heterocycles. The molecule has 4 heteroatoms. The molecule has 0 atom stereocenters. The first-order valence-corrected chi connectivity index (χ1v) is 7.53. The predicted molar refractivity (Wildman–Crippen MR) is 91.6 cm³/mol. The lowest BCUT2D eigenvalue weighted by molar-refractivity contribution is 0.104. The molecule has 0 spiro atoms. The standard InChI is InChI=1S/C19H19NO3/c1-20(2)16-7-5-15(6-8-16)17(21)9-3-14-4-10-18-19(13-14)23-12-11-22-18/h3-10,13H,11-12H2,1-2H3/b9-3+. The van der Waals surface area contributed by atoms with Gasteiger partial charge in [-0.1, -0.05) is 12.1 Å². The van der Waals surface area contributed by atoms with E-state index in [4.69, 9.17) is 9.47 Å². The van der Waals surface area contributed by atoms with E-state index in [2.05, 4.69) is 0 Å². The smallest absolute Gasteiger partial charge is 0.185 e. The molecule has 2 aromatic rings. The fourth-order valence-electron chi connectivity index (χ4n) is 2.36. The molecule has 0 bridgehead atoms. The van der Waals surface area contributed by atoms with E-state index in [9.17, 15) is 4.79 Å². The number of fused-ring (bicyclic) bond motifs is 1. The van der Waals surface area contributed by atoms with Gasteiger partial charge in [0, 0.05) is 25.3 Å². The molecule has 0 amide bonds. The third-order valence-electron chi connectivity index (χ3n) is 3.66. The number of nitrogens with zero attached hydrogens (tertiary/aromatic N) is 1. The molecule has 2 aromatic carbocycles. The van der Waals surface area contributed by atoms with Crippen molar-refractivity contribution in [1.82, 2.24) is 0 Å². The summed E-state index contributed by atoms with van der Waals surface area (Å²) in [4.78, 5) is 14.2. The van der Waals surface area contributed by atoms with Gasteiger partial charge in [-0.2, -0.15) is 0 Å². The molecule has 0 aromatic heterocycles. The monoisotopic (exact) mass is 309 g/mol. The molecule has 3 rings (SSSR count). The summed E-state index contributed by atoms with van der Waals surface area (Å²) >= 11 is 0. The minimum Gasteiger partial charge on any atom is -0.486 e. The summed E-state index contributed by atoms with van der Waals surface area (Å²) in [7, 11) is 3.94. The Morgan fingerprint density at radius 2 is 1.70 bits per heavy atom. The van der Waals surface area contributed by atoms with Gasteiger partial charge in [-0.3, -0.25) is 4.79 Å². The van der Waals surface area contributed by atoms with Crippen molar-refractivity contribution in [3.05, 3.63) is 59.7 Å². The van der Waals surface area contributed by atoms with Crippen LogP contribution >= 0.6 is 0 Å². The van der Waals surface area contributed by atoms with Crippen molar-refractivity contribution in [2.75, 3.05) is 32.2 Å². The van der Waals surface area contributed by atoms with Crippen molar-refractivity contribution in [1.29, 1.82) is 0 Å². The molecule has 0 N–H and O–H groups in total. The maximum absolute atomic E-state index is 12.2. The number of hydrogen-bond donors (Lipinski definition) is 0. The molecule has 0 saturated carbocycles. The van der Waals surface area contributed by atoms with E-state index in [1.54, 1.807) is 12.2 Å². The second-order valence-corrected chi connectivity index (χ2v) is 5.54. The predicted octanol–water partition coefficient (Wildman–Crippen LogP) is 3.42. The van der Waals surface area contributed by atoms with Crippen molar-refractivity contribution >= 4 is 17.5 Å². The Bertz CT molecular complexity index is 733. The van der Waals surface area contributed by atoms with Crippen LogP contribution in [0.3, 0.4) is 0 Å². The molecule has 0 unspecified atom stereocenters. The number of ether oxygens (including phenoxy) is 2. The van der Waals surface area contributed by atoms with Crippen LogP contribution < -0.4 is 14.4 Å². The fourth-order valence-corrected chi connectivity index (χ4v) is 2.36. The second kappa shape index (κ2) is 6.57. The molecule has 118 valence electrons. The number of benzene rings is 2. The summed E-state index contributed by atoms with van der Waals surface area (Å²) in [6, 6.07) is 13.2. The van der Waals surface area contributed by atoms with Gasteiger partial charge in [0.15, 0.2) is 17.3 Å². The van der Waals surface area contributed by atoms with E-state index in [-0.39, 0.29) is 5.78 Å². The van der Waals surface area contributed by atoms with Crippen LogP contribution in [0, 0.1) is 0 Å². The van der Waals surface area contributed by atoms with Gasteiger partial charge in [0.2, 0.25) is 0 Å². The molecule has 23 heavy (non-hydrogen) atoms. The molecule has 4 nitrogen and oxygen atoms in total. The van der Waals surface area contributed by atoms with E-state index < -0.39 is 0 Å². The highest BCUT2D eigenvalue weighted by molar-refractivity contribution is 6.07. The van der Waals surface area contributed by atoms with Gasteiger partial charge in [-0.25, -0.2) is 0 Å². The Morgan fingerprint density at radius 3 is 2.39 bits per heavy atom. The molecule has 0 fully saturated rings. The zero-order valence-corrected chi connectivity index (χ0v) is 13.3. The number of rotatable bonds is 4. The quantitative estimate of drug-likeness (QED) is 0.641. The largest absolute Gasteiger partial charge is 0.486 e. The Labute approximate surface area is 135 Å². The molecule has 1 aliphatic rings. The number of ketones is 1. The zero-order valence-electron chi connectivity index (χ0n) is 13.3. The highest BCUT2D eigenvalue weighted by Crippen LogP contribution is 2.31. The number of carbonyl (C=O) groups is 1. The van der Waals surface area contributed by atoms with Crippen molar-refractivity contribution in [3.8, 4) is 11.5 Å². The van der Waals surface area contributed by atoms with Crippen molar-refractivity contribution < 1.29 is 14.3 Å². The Hall–Kier alpha value is -2.75. The van der Waals surface area contributed by atoms with Gasteiger partial charge in [0.1, 0.15) is 13.2 Å². The average Bonchev–Trinajstić information content (AvgIpc) is 2.59. The van der Waals surface area contributed by atoms with Crippen LogP contribution in [-0.2, 0) is 0 Å². The fraction of sp³-hybridized carbons (Fsp3) is 0.211. The number of carbonyl (C=O) groups excluding carboxylic acids is 1. The van der Waals surface area contributed by atoms with Crippen LogP contribution in [0.1, 0.15) is 15.9 Å².